The summed E-state index contributed by atoms with van der Waals surface area (Å²) in [4.78, 5) is 13.8. The van der Waals surface area contributed by atoms with E-state index < -0.39 is 0 Å². The van der Waals surface area contributed by atoms with Crippen molar-refractivity contribution in [3.8, 4) is 0 Å². The zero-order chi connectivity index (χ0) is 12.1. The molecule has 0 aliphatic carbocycles. The van der Waals surface area contributed by atoms with Gasteiger partial charge in [-0.1, -0.05) is 36.4 Å². The SMILES string of the molecule is C=CCCC(=O)N1CCC(c2ccccc2)C1. The van der Waals surface area contributed by atoms with Crippen LogP contribution < -0.4 is 0 Å². The van der Waals surface area contributed by atoms with Gasteiger partial charge in [-0.25, -0.2) is 0 Å². The molecule has 17 heavy (non-hydrogen) atoms. The van der Waals surface area contributed by atoms with Gasteiger partial charge < -0.3 is 4.90 Å². The van der Waals surface area contributed by atoms with Crippen molar-refractivity contribution in [3.05, 3.63) is 48.6 Å². The summed E-state index contributed by atoms with van der Waals surface area (Å²) in [5, 5.41) is 0. The highest BCUT2D eigenvalue weighted by Gasteiger charge is 2.26. The molecule has 1 saturated heterocycles. The van der Waals surface area contributed by atoms with E-state index in [2.05, 4.69) is 30.8 Å². The van der Waals surface area contributed by atoms with Crippen molar-refractivity contribution in [2.24, 2.45) is 0 Å². The van der Waals surface area contributed by atoms with Crippen molar-refractivity contribution >= 4 is 5.91 Å². The van der Waals surface area contributed by atoms with Crippen molar-refractivity contribution in [1.29, 1.82) is 0 Å². The van der Waals surface area contributed by atoms with Crippen LogP contribution in [0.25, 0.3) is 0 Å². The zero-order valence-electron chi connectivity index (χ0n) is 10.1. The molecule has 0 radical (unpaired) electrons. The fraction of sp³-hybridized carbons (Fsp3) is 0.400. The molecule has 0 bridgehead atoms. The van der Waals surface area contributed by atoms with Crippen molar-refractivity contribution in [2.45, 2.75) is 25.2 Å². The summed E-state index contributed by atoms with van der Waals surface area (Å²) in [5.41, 5.74) is 1.35. The fourth-order valence-corrected chi connectivity index (χ4v) is 2.37. The summed E-state index contributed by atoms with van der Waals surface area (Å²) in [7, 11) is 0. The first-order chi connectivity index (χ1) is 8.31. The normalized spacial score (nSPS) is 19.3. The molecule has 0 aromatic heterocycles. The molecular weight excluding hydrogens is 210 g/mol. The van der Waals surface area contributed by atoms with Crippen LogP contribution in [0.5, 0.6) is 0 Å². The molecule has 2 rings (SSSR count). The van der Waals surface area contributed by atoms with Crippen LogP contribution in [0, 0.1) is 0 Å². The van der Waals surface area contributed by atoms with E-state index in [1.165, 1.54) is 5.56 Å². The Labute approximate surface area is 103 Å². The number of carbonyl (C=O) groups is 1. The van der Waals surface area contributed by atoms with E-state index >= 15 is 0 Å². The van der Waals surface area contributed by atoms with E-state index in [0.29, 0.717) is 12.3 Å². The minimum absolute atomic E-state index is 0.267. The van der Waals surface area contributed by atoms with Crippen LogP contribution in [0.4, 0.5) is 0 Å². The second-order valence-electron chi connectivity index (χ2n) is 4.56. The molecule has 1 amide bonds. The number of benzene rings is 1. The van der Waals surface area contributed by atoms with Gasteiger partial charge >= 0.3 is 0 Å². The van der Waals surface area contributed by atoms with E-state index in [4.69, 9.17) is 0 Å². The van der Waals surface area contributed by atoms with Crippen molar-refractivity contribution < 1.29 is 4.79 Å². The number of hydrogen-bond donors (Lipinski definition) is 0. The summed E-state index contributed by atoms with van der Waals surface area (Å²) in [6.45, 7) is 5.42. The molecule has 0 N–H and O–H groups in total. The standard InChI is InChI=1S/C15H19NO/c1-2-3-9-15(17)16-11-10-14(12-16)13-7-5-4-6-8-13/h2,4-8,14H,1,3,9-12H2. The molecule has 1 unspecified atom stereocenters. The van der Waals surface area contributed by atoms with E-state index in [1.54, 1.807) is 0 Å². The molecule has 2 nitrogen and oxygen atoms in total. The monoisotopic (exact) mass is 229 g/mol. The van der Waals surface area contributed by atoms with Crippen LogP contribution in [0.1, 0.15) is 30.7 Å². The quantitative estimate of drug-likeness (QED) is 0.727. The Hall–Kier alpha value is -1.57. The van der Waals surface area contributed by atoms with Gasteiger partial charge in [0.15, 0.2) is 0 Å². The minimum atomic E-state index is 0.267. The van der Waals surface area contributed by atoms with Crippen molar-refractivity contribution in [2.75, 3.05) is 13.1 Å². The second kappa shape index (κ2) is 5.67. The smallest absolute Gasteiger partial charge is 0.222 e. The van der Waals surface area contributed by atoms with Gasteiger partial charge in [-0.3, -0.25) is 4.79 Å². The highest BCUT2D eigenvalue weighted by atomic mass is 16.2. The summed E-state index contributed by atoms with van der Waals surface area (Å²) < 4.78 is 0. The molecule has 1 atom stereocenters. The Morgan fingerprint density at radius 3 is 2.88 bits per heavy atom. The molecule has 0 spiro atoms. The Kier molecular flexibility index (Phi) is 3.97. The van der Waals surface area contributed by atoms with Crippen LogP contribution in [0.15, 0.2) is 43.0 Å². The highest BCUT2D eigenvalue weighted by Crippen LogP contribution is 2.27. The third-order valence-corrected chi connectivity index (χ3v) is 3.37. The number of nitrogens with zero attached hydrogens (tertiary/aromatic N) is 1. The van der Waals surface area contributed by atoms with Gasteiger partial charge in [0.1, 0.15) is 0 Å². The maximum Gasteiger partial charge on any atom is 0.222 e. The lowest BCUT2D eigenvalue weighted by Crippen LogP contribution is -2.27. The Bertz CT molecular complexity index is 385. The molecule has 1 fully saturated rings. The van der Waals surface area contributed by atoms with Crippen molar-refractivity contribution in [1.82, 2.24) is 4.90 Å². The number of rotatable bonds is 4. The summed E-state index contributed by atoms with van der Waals surface area (Å²) in [6, 6.07) is 10.5. The molecule has 1 aromatic carbocycles. The van der Waals surface area contributed by atoms with Crippen LogP contribution >= 0.6 is 0 Å². The largest absolute Gasteiger partial charge is 0.342 e. The summed E-state index contributed by atoms with van der Waals surface area (Å²) in [5.74, 6) is 0.784. The Morgan fingerprint density at radius 2 is 2.18 bits per heavy atom. The van der Waals surface area contributed by atoms with Crippen molar-refractivity contribution in [3.63, 3.8) is 0 Å². The second-order valence-corrected chi connectivity index (χ2v) is 4.56. The predicted molar refractivity (Wildman–Crippen MR) is 69.8 cm³/mol. The molecule has 1 heterocycles. The maximum atomic E-state index is 11.9. The molecular formula is C15H19NO. The van der Waals surface area contributed by atoms with Gasteiger partial charge in [0.05, 0.1) is 0 Å². The first-order valence-corrected chi connectivity index (χ1v) is 6.25. The van der Waals surface area contributed by atoms with Gasteiger partial charge in [-0.15, -0.1) is 6.58 Å². The van der Waals surface area contributed by atoms with E-state index in [-0.39, 0.29) is 5.91 Å². The van der Waals surface area contributed by atoms with Gasteiger partial charge in [0.25, 0.3) is 0 Å². The number of amides is 1. The summed E-state index contributed by atoms with van der Waals surface area (Å²) >= 11 is 0. The average molecular weight is 229 g/mol. The fourth-order valence-electron chi connectivity index (χ4n) is 2.37. The zero-order valence-corrected chi connectivity index (χ0v) is 10.1. The van der Waals surface area contributed by atoms with Crippen LogP contribution in [0.2, 0.25) is 0 Å². The highest BCUT2D eigenvalue weighted by molar-refractivity contribution is 5.76. The third-order valence-electron chi connectivity index (χ3n) is 3.37. The van der Waals surface area contributed by atoms with E-state index in [0.717, 1.165) is 25.9 Å². The van der Waals surface area contributed by atoms with Crippen LogP contribution in [0.3, 0.4) is 0 Å². The van der Waals surface area contributed by atoms with E-state index in [1.807, 2.05) is 17.0 Å². The van der Waals surface area contributed by atoms with Crippen LogP contribution in [-0.4, -0.2) is 23.9 Å². The first kappa shape index (κ1) is 11.9. The maximum absolute atomic E-state index is 11.9. The number of carbonyl (C=O) groups excluding carboxylic acids is 1. The number of hydrogen-bond acceptors (Lipinski definition) is 1. The molecule has 1 aliphatic heterocycles. The predicted octanol–water partition coefficient (Wildman–Crippen LogP) is 2.97. The molecule has 90 valence electrons. The summed E-state index contributed by atoms with van der Waals surface area (Å²) in [6.07, 6.45) is 4.28. The van der Waals surface area contributed by atoms with Crippen LogP contribution in [-0.2, 0) is 4.79 Å². The van der Waals surface area contributed by atoms with E-state index in [9.17, 15) is 4.79 Å². The Morgan fingerprint density at radius 1 is 1.41 bits per heavy atom. The number of allylic oxidation sites excluding steroid dienone is 1. The first-order valence-electron chi connectivity index (χ1n) is 6.25. The third kappa shape index (κ3) is 2.96. The average Bonchev–Trinajstić information content (AvgIpc) is 2.86. The minimum Gasteiger partial charge on any atom is -0.342 e. The molecule has 0 saturated carbocycles. The number of likely N-dealkylation sites (tertiary alicyclic amines) is 1. The Balaban J connectivity index is 1.91. The lowest BCUT2D eigenvalue weighted by molar-refractivity contribution is -0.130. The topological polar surface area (TPSA) is 20.3 Å². The van der Waals surface area contributed by atoms with Gasteiger partial charge in [-0.2, -0.15) is 0 Å². The molecule has 1 aliphatic rings. The molecule has 2 heteroatoms. The lowest BCUT2D eigenvalue weighted by atomic mass is 9.99. The van der Waals surface area contributed by atoms with Gasteiger partial charge in [0.2, 0.25) is 5.91 Å². The molecule has 1 aromatic rings. The van der Waals surface area contributed by atoms with Gasteiger partial charge in [0, 0.05) is 25.4 Å². The lowest BCUT2D eigenvalue weighted by Gasteiger charge is -2.16. The van der Waals surface area contributed by atoms with Gasteiger partial charge in [-0.05, 0) is 18.4 Å².